The Morgan fingerprint density at radius 3 is 2.24 bits per heavy atom. The van der Waals surface area contributed by atoms with Gasteiger partial charge in [0.2, 0.25) is 17.7 Å². The van der Waals surface area contributed by atoms with Crippen LogP contribution in [0.25, 0.3) is 0 Å². The van der Waals surface area contributed by atoms with E-state index in [1.54, 1.807) is 18.7 Å². The number of esters is 1. The van der Waals surface area contributed by atoms with Crippen molar-refractivity contribution in [1.82, 2.24) is 15.5 Å². The lowest BCUT2D eigenvalue weighted by atomic mass is 9.83. The lowest BCUT2D eigenvalue weighted by Gasteiger charge is -2.32. The predicted molar refractivity (Wildman–Crippen MR) is 157 cm³/mol. The molecule has 228 valence electrons. The van der Waals surface area contributed by atoms with Crippen molar-refractivity contribution in [3.05, 3.63) is 35.9 Å². The molecule has 9 nitrogen and oxygen atoms in total. The van der Waals surface area contributed by atoms with Crippen LogP contribution in [-0.4, -0.2) is 70.6 Å². The van der Waals surface area contributed by atoms with Crippen LogP contribution in [0.4, 0.5) is 0 Å². The number of carbonyl (C=O) groups excluding carboxylic acids is 4. The number of rotatable bonds is 14. The Balaban J connectivity index is 1.79. The SMILES string of the molecule is CC(C)CC(NC(=O)[C@H](Cc1ccccc1)N1CCCC1=O)C(=O)N[C@@H](CC1CCCCC1)C(O)C(=O)OC(C)C. The largest absolute Gasteiger partial charge is 0.461 e. The number of aliphatic hydroxyl groups is 1. The third kappa shape index (κ3) is 10.1. The van der Waals surface area contributed by atoms with Crippen molar-refractivity contribution in [1.29, 1.82) is 0 Å². The van der Waals surface area contributed by atoms with Gasteiger partial charge in [0.1, 0.15) is 12.1 Å². The standard InChI is InChI=1S/C32H49N3O6/c1-21(2)18-26(34-31(39)27(35-17-11-16-28(35)36)20-24-14-9-6-10-15-24)30(38)33-25(19-23-12-7-5-8-13-23)29(37)32(40)41-22(3)4/h6,9-10,14-15,21-23,25-27,29,37H,5,7-8,11-13,16-20H2,1-4H3,(H,33,38)(H,34,39)/t25-,26?,27-,29?/m0/s1. The highest BCUT2D eigenvalue weighted by molar-refractivity contribution is 5.93. The smallest absolute Gasteiger partial charge is 0.337 e. The predicted octanol–water partition coefficient (Wildman–Crippen LogP) is 3.52. The summed E-state index contributed by atoms with van der Waals surface area (Å²) in [5.74, 6) is -1.29. The van der Waals surface area contributed by atoms with Crippen LogP contribution in [-0.2, 0) is 30.3 Å². The first kappa shape index (κ1) is 32.6. The molecule has 4 atom stereocenters. The van der Waals surface area contributed by atoms with Gasteiger partial charge in [-0.2, -0.15) is 0 Å². The summed E-state index contributed by atoms with van der Waals surface area (Å²) in [5, 5.41) is 16.8. The van der Waals surface area contributed by atoms with Gasteiger partial charge in [0.05, 0.1) is 12.1 Å². The van der Waals surface area contributed by atoms with Crippen LogP contribution in [0.15, 0.2) is 30.3 Å². The number of likely N-dealkylation sites (tertiary alicyclic amines) is 1. The highest BCUT2D eigenvalue weighted by Gasteiger charge is 2.37. The monoisotopic (exact) mass is 571 g/mol. The first-order valence-electron chi connectivity index (χ1n) is 15.4. The number of hydrogen-bond donors (Lipinski definition) is 3. The molecule has 1 aromatic carbocycles. The third-order valence-electron chi connectivity index (χ3n) is 8.01. The van der Waals surface area contributed by atoms with Crippen LogP contribution >= 0.6 is 0 Å². The van der Waals surface area contributed by atoms with Gasteiger partial charge in [0, 0.05) is 19.4 Å². The van der Waals surface area contributed by atoms with E-state index in [2.05, 4.69) is 10.6 Å². The molecule has 0 spiro atoms. The number of hydrogen-bond acceptors (Lipinski definition) is 6. The van der Waals surface area contributed by atoms with Crippen LogP contribution in [0.1, 0.15) is 91.0 Å². The lowest BCUT2D eigenvalue weighted by molar-refractivity contribution is -0.159. The Morgan fingerprint density at radius 2 is 1.66 bits per heavy atom. The average Bonchev–Trinajstić information content (AvgIpc) is 3.36. The highest BCUT2D eigenvalue weighted by atomic mass is 16.6. The molecule has 2 aliphatic rings. The molecule has 9 heteroatoms. The molecule has 41 heavy (non-hydrogen) atoms. The lowest BCUT2D eigenvalue weighted by Crippen LogP contribution is -2.58. The zero-order chi connectivity index (χ0) is 29.9. The Bertz CT molecular complexity index is 1010. The average molecular weight is 572 g/mol. The Morgan fingerprint density at radius 1 is 0.976 bits per heavy atom. The van der Waals surface area contributed by atoms with E-state index in [4.69, 9.17) is 4.74 Å². The molecule has 3 N–H and O–H groups in total. The molecule has 0 radical (unpaired) electrons. The van der Waals surface area contributed by atoms with Crippen LogP contribution in [0.3, 0.4) is 0 Å². The van der Waals surface area contributed by atoms with Gasteiger partial charge in [-0.15, -0.1) is 0 Å². The van der Waals surface area contributed by atoms with Crippen molar-refractivity contribution in [3.8, 4) is 0 Å². The molecule has 0 aromatic heterocycles. The summed E-state index contributed by atoms with van der Waals surface area (Å²) < 4.78 is 5.26. The summed E-state index contributed by atoms with van der Waals surface area (Å²) >= 11 is 0. The summed E-state index contributed by atoms with van der Waals surface area (Å²) in [5.41, 5.74) is 0.927. The molecule has 1 aliphatic carbocycles. The summed E-state index contributed by atoms with van der Waals surface area (Å²) in [6.45, 7) is 7.85. The molecule has 1 heterocycles. The summed E-state index contributed by atoms with van der Waals surface area (Å²) in [6.07, 6.45) is 5.67. The van der Waals surface area contributed by atoms with Crippen molar-refractivity contribution in [2.24, 2.45) is 11.8 Å². The van der Waals surface area contributed by atoms with Crippen LogP contribution in [0, 0.1) is 11.8 Å². The van der Waals surface area contributed by atoms with Crippen LogP contribution < -0.4 is 10.6 Å². The van der Waals surface area contributed by atoms with Gasteiger partial charge in [-0.05, 0) is 50.5 Å². The maximum atomic E-state index is 13.7. The van der Waals surface area contributed by atoms with Crippen molar-refractivity contribution in [2.75, 3.05) is 6.54 Å². The van der Waals surface area contributed by atoms with Gasteiger partial charge in [-0.3, -0.25) is 14.4 Å². The number of amides is 3. The van der Waals surface area contributed by atoms with Crippen molar-refractivity contribution >= 4 is 23.7 Å². The molecule has 1 saturated heterocycles. The normalized spacial score (nSPS) is 19.1. The maximum Gasteiger partial charge on any atom is 0.337 e. The summed E-state index contributed by atoms with van der Waals surface area (Å²) in [4.78, 5) is 54.4. The Labute approximate surface area is 244 Å². The molecule has 2 unspecified atom stereocenters. The highest BCUT2D eigenvalue weighted by Crippen LogP contribution is 2.28. The number of ether oxygens (including phenoxy) is 1. The first-order valence-corrected chi connectivity index (χ1v) is 15.4. The van der Waals surface area contributed by atoms with Gasteiger partial charge in [-0.25, -0.2) is 4.79 Å². The second kappa shape index (κ2) is 15.9. The Hall–Kier alpha value is -2.94. The zero-order valence-corrected chi connectivity index (χ0v) is 25.1. The molecule has 3 amide bonds. The van der Waals surface area contributed by atoms with E-state index in [0.717, 1.165) is 37.7 Å². The van der Waals surface area contributed by atoms with E-state index in [1.807, 2.05) is 44.2 Å². The minimum absolute atomic E-state index is 0.0646. The number of aliphatic hydroxyl groups excluding tert-OH is 1. The number of benzene rings is 1. The van der Waals surface area contributed by atoms with E-state index in [1.165, 1.54) is 0 Å². The molecule has 1 saturated carbocycles. The number of nitrogens with one attached hydrogen (secondary N) is 2. The van der Waals surface area contributed by atoms with Crippen molar-refractivity contribution in [2.45, 2.75) is 122 Å². The molecule has 2 fully saturated rings. The molecular weight excluding hydrogens is 522 g/mol. The fraction of sp³-hybridized carbons (Fsp3) is 0.688. The topological polar surface area (TPSA) is 125 Å². The second-order valence-corrected chi connectivity index (χ2v) is 12.4. The van der Waals surface area contributed by atoms with E-state index in [9.17, 15) is 24.3 Å². The van der Waals surface area contributed by atoms with Crippen LogP contribution in [0.2, 0.25) is 0 Å². The van der Waals surface area contributed by atoms with E-state index in [0.29, 0.717) is 38.6 Å². The summed E-state index contributed by atoms with van der Waals surface area (Å²) in [6, 6.07) is 7.08. The second-order valence-electron chi connectivity index (χ2n) is 12.4. The molecule has 1 aromatic rings. The quantitative estimate of drug-likeness (QED) is 0.294. The fourth-order valence-electron chi connectivity index (χ4n) is 5.95. The molecular formula is C32H49N3O6. The van der Waals surface area contributed by atoms with E-state index in [-0.39, 0.29) is 23.7 Å². The van der Waals surface area contributed by atoms with Gasteiger partial charge in [0.15, 0.2) is 6.10 Å². The van der Waals surface area contributed by atoms with Crippen molar-refractivity contribution in [3.63, 3.8) is 0 Å². The van der Waals surface area contributed by atoms with Gasteiger partial charge >= 0.3 is 5.97 Å². The fourth-order valence-corrected chi connectivity index (χ4v) is 5.95. The third-order valence-corrected chi connectivity index (χ3v) is 8.01. The maximum absolute atomic E-state index is 13.7. The van der Waals surface area contributed by atoms with Gasteiger partial charge in [-0.1, -0.05) is 76.3 Å². The molecule has 3 rings (SSSR count). The van der Waals surface area contributed by atoms with Crippen molar-refractivity contribution < 1.29 is 29.0 Å². The summed E-state index contributed by atoms with van der Waals surface area (Å²) in [7, 11) is 0. The minimum Gasteiger partial charge on any atom is -0.461 e. The zero-order valence-electron chi connectivity index (χ0n) is 25.1. The van der Waals surface area contributed by atoms with E-state index >= 15 is 0 Å². The molecule has 0 bridgehead atoms. The van der Waals surface area contributed by atoms with Gasteiger partial charge < -0.3 is 25.4 Å². The van der Waals surface area contributed by atoms with Crippen LogP contribution in [0.5, 0.6) is 0 Å². The first-order chi connectivity index (χ1) is 19.5. The Kier molecular flexibility index (Phi) is 12.6. The number of carbonyl (C=O) groups is 4. The molecule has 1 aliphatic heterocycles. The van der Waals surface area contributed by atoms with Gasteiger partial charge in [0.25, 0.3) is 0 Å². The van der Waals surface area contributed by atoms with E-state index < -0.39 is 42.2 Å². The number of nitrogens with zero attached hydrogens (tertiary/aromatic N) is 1. The minimum atomic E-state index is -1.51.